The second kappa shape index (κ2) is 6.65. The first-order valence-electron chi connectivity index (χ1n) is 10.5. The number of nitrogens with one attached hydrogen (secondary N) is 1. The Hall–Kier alpha value is -3.22. The molecule has 3 saturated heterocycles. The molecule has 5 heterocycles. The van der Waals surface area contributed by atoms with Crippen LogP contribution >= 0.6 is 0 Å². The number of benzene rings is 1. The van der Waals surface area contributed by atoms with Gasteiger partial charge in [-0.1, -0.05) is 0 Å². The molecule has 4 bridgehead atoms. The summed E-state index contributed by atoms with van der Waals surface area (Å²) < 4.78 is 48.5. The van der Waals surface area contributed by atoms with E-state index in [0.717, 1.165) is 12.8 Å². The van der Waals surface area contributed by atoms with Gasteiger partial charge in [-0.05, 0) is 0 Å². The maximum Gasteiger partial charge on any atom is 0.369 e. The molecule has 5 aliphatic rings. The van der Waals surface area contributed by atoms with E-state index in [-0.39, 0.29) is 52.1 Å². The Morgan fingerprint density at radius 1 is 1.21 bits per heavy atom. The van der Waals surface area contributed by atoms with Crippen LogP contribution in [0.15, 0.2) is 23.1 Å². The molecule has 172 valence electrons. The van der Waals surface area contributed by atoms with Crippen molar-refractivity contribution in [3.63, 3.8) is 0 Å². The van der Waals surface area contributed by atoms with Crippen LogP contribution in [0.2, 0.25) is 0 Å². The zero-order chi connectivity index (χ0) is 23.2. The van der Waals surface area contributed by atoms with E-state index in [0.29, 0.717) is 12.1 Å². The van der Waals surface area contributed by atoms with Crippen LogP contribution in [-0.4, -0.2) is 45.3 Å². The standard InChI is InChI=1S/C21H18F3N4O5/c22-8-1-12(23)10(13(24)2-8)5-26-20(30)11-6-27-7-16-28(14-3-9(32-16)4-15(14)28)21(31)17(27)19(33-25)18(11)29/h1-2,6,9,14-16H,3-5,7H2,25H3/q+1/p+1. The van der Waals surface area contributed by atoms with E-state index >= 15 is 0 Å². The summed E-state index contributed by atoms with van der Waals surface area (Å²) in [6, 6.07) is 1.33. The molecule has 1 saturated carbocycles. The molecular formula is C21H19F3N4O5+2. The second-order valence-corrected chi connectivity index (χ2v) is 8.84. The summed E-state index contributed by atoms with van der Waals surface area (Å²) >= 11 is 0. The Bertz CT molecular complexity index is 1280. The Morgan fingerprint density at radius 3 is 2.52 bits per heavy atom. The quantitative estimate of drug-likeness (QED) is 0.375. The number of carbonyl (C=O) groups is 2. The average Bonchev–Trinajstić information content (AvgIpc) is 3.24. The molecule has 2 amide bonds. The third-order valence-corrected chi connectivity index (χ3v) is 7.35. The number of quaternary nitrogens is 2. The summed E-state index contributed by atoms with van der Waals surface area (Å²) in [6.07, 6.45) is 2.52. The number of fused-ring (bicyclic) bond motifs is 1. The van der Waals surface area contributed by atoms with Crippen LogP contribution < -0.4 is 21.5 Å². The van der Waals surface area contributed by atoms with Crippen molar-refractivity contribution in [2.75, 3.05) is 0 Å². The van der Waals surface area contributed by atoms with Crippen LogP contribution in [0.4, 0.5) is 13.2 Å². The third kappa shape index (κ3) is 2.56. The van der Waals surface area contributed by atoms with Gasteiger partial charge in [0.1, 0.15) is 29.6 Å². The van der Waals surface area contributed by atoms with Crippen molar-refractivity contribution in [2.24, 2.45) is 0 Å². The number of hydrogen-bond acceptors (Lipinski definition) is 5. The molecule has 4 N–H and O–H groups in total. The summed E-state index contributed by atoms with van der Waals surface area (Å²) in [4.78, 5) is 44.2. The van der Waals surface area contributed by atoms with E-state index in [1.54, 1.807) is 0 Å². The van der Waals surface area contributed by atoms with Gasteiger partial charge in [0.15, 0.2) is 12.1 Å². The van der Waals surface area contributed by atoms with Crippen molar-refractivity contribution in [1.82, 2.24) is 9.88 Å². The van der Waals surface area contributed by atoms with Gasteiger partial charge in [-0.2, -0.15) is 5.90 Å². The van der Waals surface area contributed by atoms with Crippen LogP contribution in [0, 0.1) is 17.5 Å². The number of aromatic nitrogens is 1. The summed E-state index contributed by atoms with van der Waals surface area (Å²) in [6.45, 7) is -0.378. The number of amides is 2. The van der Waals surface area contributed by atoms with Crippen molar-refractivity contribution in [3.05, 3.63) is 62.8 Å². The van der Waals surface area contributed by atoms with Crippen LogP contribution in [0.25, 0.3) is 0 Å². The lowest BCUT2D eigenvalue weighted by Crippen LogP contribution is -2.62. The summed E-state index contributed by atoms with van der Waals surface area (Å²) in [5.74, 6) is -1.73. The lowest BCUT2D eigenvalue weighted by Gasteiger charge is -2.42. The molecule has 3 unspecified atom stereocenters. The minimum atomic E-state index is -1.17. The fraction of sp³-hybridized carbons (Fsp3) is 0.381. The minimum Gasteiger partial charge on any atom is -0.348 e. The van der Waals surface area contributed by atoms with E-state index < -0.39 is 47.1 Å². The highest BCUT2D eigenvalue weighted by molar-refractivity contribution is 5.97. The van der Waals surface area contributed by atoms with E-state index in [1.807, 2.05) is 0 Å². The van der Waals surface area contributed by atoms with E-state index in [9.17, 15) is 27.6 Å². The molecule has 7 rings (SSSR count). The number of ether oxygens (including phenoxy) is 1. The van der Waals surface area contributed by atoms with Crippen molar-refractivity contribution in [3.8, 4) is 5.75 Å². The zero-order valence-corrected chi connectivity index (χ0v) is 17.1. The number of nitrogens with zero attached hydrogens (tertiary/aromatic N) is 2. The Kier molecular flexibility index (Phi) is 4.11. The van der Waals surface area contributed by atoms with Crippen molar-refractivity contribution in [1.29, 1.82) is 0 Å². The van der Waals surface area contributed by atoms with Crippen molar-refractivity contribution >= 4 is 11.8 Å². The number of hydrogen-bond donors (Lipinski definition) is 2. The van der Waals surface area contributed by atoms with E-state index in [1.165, 1.54) is 10.8 Å². The summed E-state index contributed by atoms with van der Waals surface area (Å²) in [7, 11) is 0. The topological polar surface area (TPSA) is 114 Å². The Labute approximate surface area is 184 Å². The largest absolute Gasteiger partial charge is 0.369 e. The fourth-order valence-electron chi connectivity index (χ4n) is 5.92. The molecule has 4 fully saturated rings. The molecule has 9 nitrogen and oxygen atoms in total. The van der Waals surface area contributed by atoms with Gasteiger partial charge >= 0.3 is 5.91 Å². The SMILES string of the molecule is [NH3+]Oc1c2n(cc(C(=O)NCc3c(F)cc(F)cc3F)c1=O)CC1OC3CC4C(C3)[N+]14C2=O. The number of halogens is 3. The van der Waals surface area contributed by atoms with Gasteiger partial charge in [0.05, 0.1) is 6.10 Å². The highest BCUT2D eigenvalue weighted by Gasteiger charge is 2.83. The highest BCUT2D eigenvalue weighted by Crippen LogP contribution is 2.61. The average molecular weight is 464 g/mol. The lowest BCUT2D eigenvalue weighted by atomic mass is 10.1. The number of pyridine rings is 1. The first-order chi connectivity index (χ1) is 15.8. The first-order valence-corrected chi connectivity index (χ1v) is 10.5. The summed E-state index contributed by atoms with van der Waals surface area (Å²) in [5, 5.41) is 2.26. The molecule has 33 heavy (non-hydrogen) atoms. The predicted molar refractivity (Wildman–Crippen MR) is 102 cm³/mol. The highest BCUT2D eigenvalue weighted by atomic mass is 19.1. The Morgan fingerprint density at radius 2 is 1.88 bits per heavy atom. The first kappa shape index (κ1) is 20.4. The van der Waals surface area contributed by atoms with Gasteiger partial charge < -0.3 is 19.5 Å². The molecule has 12 heteroatoms. The molecule has 4 aliphatic heterocycles. The number of carbonyl (C=O) groups excluding carboxylic acids is 2. The van der Waals surface area contributed by atoms with E-state index in [2.05, 4.69) is 11.2 Å². The van der Waals surface area contributed by atoms with Crippen LogP contribution in [-0.2, 0) is 17.8 Å². The molecule has 0 radical (unpaired) electrons. The molecule has 1 aliphatic carbocycles. The van der Waals surface area contributed by atoms with Gasteiger partial charge in [-0.3, -0.25) is 9.59 Å². The van der Waals surface area contributed by atoms with Gasteiger partial charge in [-0.15, -0.1) is 0 Å². The molecular weight excluding hydrogens is 445 g/mol. The summed E-state index contributed by atoms with van der Waals surface area (Å²) in [5.41, 5.74) is -1.76. The maximum absolute atomic E-state index is 13.9. The van der Waals surface area contributed by atoms with Crippen LogP contribution in [0.5, 0.6) is 5.75 Å². The van der Waals surface area contributed by atoms with Crippen LogP contribution in [0.3, 0.4) is 0 Å². The Balaban J connectivity index is 1.34. The van der Waals surface area contributed by atoms with Gasteiger partial charge in [0, 0.05) is 43.3 Å². The van der Waals surface area contributed by atoms with Gasteiger partial charge in [0.25, 0.3) is 11.7 Å². The smallest absolute Gasteiger partial charge is 0.348 e. The molecule has 2 aromatic rings. The third-order valence-electron chi connectivity index (χ3n) is 7.35. The molecule has 1 aromatic heterocycles. The lowest BCUT2D eigenvalue weighted by molar-refractivity contribution is -0.828. The maximum atomic E-state index is 13.9. The van der Waals surface area contributed by atoms with Gasteiger partial charge in [0.2, 0.25) is 17.4 Å². The number of piperidine rings is 1. The van der Waals surface area contributed by atoms with Gasteiger partial charge in [-0.25, -0.2) is 22.4 Å². The normalized spacial score (nSPS) is 30.5. The fourth-order valence-corrected chi connectivity index (χ4v) is 5.92. The molecule has 3 atom stereocenters. The monoisotopic (exact) mass is 464 g/mol. The van der Waals surface area contributed by atoms with Crippen molar-refractivity contribution in [2.45, 2.75) is 50.3 Å². The molecule has 1 spiro atoms. The zero-order valence-electron chi connectivity index (χ0n) is 17.1. The number of rotatable bonds is 4. The van der Waals surface area contributed by atoms with Crippen LogP contribution in [0.1, 0.15) is 39.3 Å². The minimum absolute atomic E-state index is 0.0369. The predicted octanol–water partition coefficient (Wildman–Crippen LogP) is -0.0286. The second-order valence-electron chi connectivity index (χ2n) is 8.84. The molecule has 1 aromatic carbocycles. The van der Waals surface area contributed by atoms with E-state index in [4.69, 9.17) is 9.57 Å². The van der Waals surface area contributed by atoms with Crippen molar-refractivity contribution < 1.29 is 42.7 Å².